The van der Waals surface area contributed by atoms with Gasteiger partial charge < -0.3 is 0 Å². The van der Waals surface area contributed by atoms with Crippen molar-refractivity contribution in [2.45, 2.75) is 71.8 Å². The van der Waals surface area contributed by atoms with E-state index in [1.165, 1.54) is 24.8 Å². The summed E-state index contributed by atoms with van der Waals surface area (Å²) in [5.74, 6) is 0.280. The van der Waals surface area contributed by atoms with Crippen molar-refractivity contribution in [3.8, 4) is 0 Å². The molecule has 2 aliphatic heterocycles. The molecular weight excluding hydrogens is 429 g/mol. The second-order valence-corrected chi connectivity index (χ2v) is 23.6. The van der Waals surface area contributed by atoms with Gasteiger partial charge in [0.1, 0.15) is 0 Å². The van der Waals surface area contributed by atoms with Crippen molar-refractivity contribution in [3.63, 3.8) is 0 Å². The molecule has 2 bridgehead atoms. The van der Waals surface area contributed by atoms with Crippen LogP contribution < -0.4 is 3.58 Å². The number of piperidine rings is 1. The molecule has 2 fully saturated rings. The number of methoxy groups -OCH3 is 1. The summed E-state index contributed by atoms with van der Waals surface area (Å²) in [5.41, 5.74) is 1.34. The van der Waals surface area contributed by atoms with Gasteiger partial charge in [-0.15, -0.1) is 0 Å². The van der Waals surface area contributed by atoms with Crippen LogP contribution in [0.3, 0.4) is 0 Å². The zero-order valence-electron chi connectivity index (χ0n) is 17.1. The van der Waals surface area contributed by atoms with Crippen LogP contribution in [0.25, 0.3) is 0 Å². The second kappa shape index (κ2) is 8.22. The van der Waals surface area contributed by atoms with E-state index in [9.17, 15) is 4.79 Å². The summed E-state index contributed by atoms with van der Waals surface area (Å²) in [6, 6.07) is 10.3. The summed E-state index contributed by atoms with van der Waals surface area (Å²) in [5, 5.41) is 0. The Labute approximate surface area is 163 Å². The van der Waals surface area contributed by atoms with Gasteiger partial charge in [-0.05, 0) is 0 Å². The molecule has 4 atom stereocenters. The van der Waals surface area contributed by atoms with Crippen LogP contribution in [0.4, 0.5) is 0 Å². The maximum atomic E-state index is 12.7. The number of benzene rings is 1. The van der Waals surface area contributed by atoms with E-state index in [0.29, 0.717) is 18.0 Å². The average molecular weight is 464 g/mol. The number of unbranched alkanes of at least 4 members (excludes halogenated alkanes) is 1. The Kier molecular flexibility index (Phi) is 6.38. The quantitative estimate of drug-likeness (QED) is 0.469. The van der Waals surface area contributed by atoms with E-state index in [-0.39, 0.29) is 11.9 Å². The molecule has 0 aromatic heterocycles. The Hall–Kier alpha value is -0.551. The maximum absolute atomic E-state index is 12.7. The third-order valence-electron chi connectivity index (χ3n) is 6.51. The molecule has 1 aromatic rings. The molecule has 144 valence electrons. The van der Waals surface area contributed by atoms with Crippen molar-refractivity contribution in [2.24, 2.45) is 5.92 Å². The average Bonchev–Trinajstić information content (AvgIpc) is 2.89. The van der Waals surface area contributed by atoms with Crippen LogP contribution in [0.5, 0.6) is 0 Å². The fraction of sp³-hybridized carbons (Fsp3) is 0.682. The van der Waals surface area contributed by atoms with Crippen LogP contribution in [0, 0.1) is 5.92 Å². The zero-order valence-corrected chi connectivity index (χ0v) is 20.0. The normalized spacial score (nSPS) is 29.0. The molecule has 0 spiro atoms. The van der Waals surface area contributed by atoms with Crippen molar-refractivity contribution in [2.75, 3.05) is 13.7 Å². The molecule has 2 aliphatic rings. The predicted octanol–water partition coefficient (Wildman–Crippen LogP) is 4.14. The van der Waals surface area contributed by atoms with Crippen LogP contribution in [0.1, 0.15) is 50.5 Å². The number of esters is 1. The van der Waals surface area contributed by atoms with Gasteiger partial charge in [0.2, 0.25) is 0 Å². The fourth-order valence-electron chi connectivity index (χ4n) is 5.03. The number of nitrogens with zero attached hydrogens (tertiary/aromatic N) is 1. The van der Waals surface area contributed by atoms with Gasteiger partial charge in [0, 0.05) is 0 Å². The number of hydrogen-bond donors (Lipinski definition) is 0. The van der Waals surface area contributed by atoms with Crippen molar-refractivity contribution in [1.82, 2.24) is 4.90 Å². The van der Waals surface area contributed by atoms with Crippen LogP contribution in [0.2, 0.25) is 14.8 Å². The van der Waals surface area contributed by atoms with E-state index in [1.54, 1.807) is 10.7 Å². The fourth-order valence-corrected chi connectivity index (χ4v) is 8.36. The molecule has 26 heavy (non-hydrogen) atoms. The van der Waals surface area contributed by atoms with Gasteiger partial charge in [-0.25, -0.2) is 0 Å². The zero-order chi connectivity index (χ0) is 18.9. The summed E-state index contributed by atoms with van der Waals surface area (Å²) in [7, 11) is 1.55. The van der Waals surface area contributed by atoms with Crippen LogP contribution in [-0.4, -0.2) is 55.0 Å². The minimum atomic E-state index is -2.03. The first-order valence-electron chi connectivity index (χ1n) is 10.3. The van der Waals surface area contributed by atoms with E-state index in [4.69, 9.17) is 4.74 Å². The van der Waals surface area contributed by atoms with Crippen molar-refractivity contribution in [3.05, 3.63) is 29.8 Å². The Balaban J connectivity index is 1.88. The Morgan fingerprint density at radius 3 is 2.46 bits per heavy atom. The van der Waals surface area contributed by atoms with Gasteiger partial charge in [-0.1, -0.05) is 0 Å². The number of carbonyl (C=O) groups is 1. The molecule has 3 rings (SSSR count). The molecular formula is C22H35NO2Sn. The Bertz CT molecular complexity index is 622. The number of carbonyl (C=O) groups excluding carboxylic acids is 1. The van der Waals surface area contributed by atoms with Crippen LogP contribution >= 0.6 is 0 Å². The van der Waals surface area contributed by atoms with Crippen molar-refractivity contribution >= 4 is 27.9 Å². The van der Waals surface area contributed by atoms with E-state index in [1.807, 2.05) is 0 Å². The van der Waals surface area contributed by atoms with Gasteiger partial charge in [0.15, 0.2) is 0 Å². The van der Waals surface area contributed by atoms with Gasteiger partial charge in [0.25, 0.3) is 0 Å². The molecule has 0 aliphatic carbocycles. The van der Waals surface area contributed by atoms with E-state index in [0.717, 1.165) is 19.4 Å². The number of rotatable bonds is 6. The molecule has 0 amide bonds. The topological polar surface area (TPSA) is 29.5 Å². The van der Waals surface area contributed by atoms with E-state index in [2.05, 4.69) is 50.9 Å². The third kappa shape index (κ3) is 3.99. The number of ether oxygens (including phenoxy) is 1. The molecule has 3 nitrogen and oxygen atoms in total. The molecule has 0 radical (unpaired) electrons. The van der Waals surface area contributed by atoms with Gasteiger partial charge in [-0.3, -0.25) is 0 Å². The van der Waals surface area contributed by atoms with Gasteiger partial charge in [-0.2, -0.15) is 0 Å². The van der Waals surface area contributed by atoms with Crippen LogP contribution in [0.15, 0.2) is 24.3 Å². The Morgan fingerprint density at radius 2 is 1.88 bits per heavy atom. The molecule has 0 N–H and O–H groups in total. The molecule has 1 aromatic carbocycles. The minimum absolute atomic E-state index is 0.0130. The standard InChI is InChI=1S/C19H26NO2.3CH3.Sn/c1-3-4-12-20-15-10-11-17(20)18(19(21)22-2)16(13-15)14-8-6-5-7-9-14;;;;/h6-9,15-18H,3-4,10-13H2,1-2H3;3*1H3;/t15-,16-,17?,18?;;;;/m1..../s1. The molecule has 0 saturated carbocycles. The summed E-state index contributed by atoms with van der Waals surface area (Å²) in [6.45, 7) is 3.37. The summed E-state index contributed by atoms with van der Waals surface area (Å²) in [4.78, 5) is 22.7. The van der Waals surface area contributed by atoms with Gasteiger partial charge >= 0.3 is 164 Å². The molecule has 2 saturated heterocycles. The number of fused-ring (bicyclic) bond motifs is 2. The van der Waals surface area contributed by atoms with Crippen LogP contribution in [-0.2, 0) is 9.53 Å². The SMILES string of the molecule is CCCCN1C2CC[C@@H]1C[C@H](c1cc[c]([Sn]([CH3])([CH3])[CH3])cc1)C2C(=O)OC. The third-order valence-corrected chi connectivity index (χ3v) is 12.4. The van der Waals surface area contributed by atoms with Crippen molar-refractivity contribution in [1.29, 1.82) is 0 Å². The van der Waals surface area contributed by atoms with E-state index >= 15 is 0 Å². The first-order valence-corrected chi connectivity index (χ1v) is 20.3. The van der Waals surface area contributed by atoms with Gasteiger partial charge in [0.05, 0.1) is 0 Å². The summed E-state index contributed by atoms with van der Waals surface area (Å²) >= 11 is -2.03. The molecule has 2 unspecified atom stereocenters. The van der Waals surface area contributed by atoms with Crippen molar-refractivity contribution < 1.29 is 9.53 Å². The summed E-state index contributed by atoms with van der Waals surface area (Å²) < 4.78 is 6.82. The second-order valence-electron chi connectivity index (χ2n) is 9.15. The molecule has 4 heteroatoms. The monoisotopic (exact) mass is 465 g/mol. The first kappa shape index (κ1) is 20.2. The molecule has 2 heterocycles. The predicted molar refractivity (Wildman–Crippen MR) is 111 cm³/mol. The number of hydrogen-bond acceptors (Lipinski definition) is 3. The summed E-state index contributed by atoms with van der Waals surface area (Å²) in [6.07, 6.45) is 5.90. The first-order chi connectivity index (χ1) is 12.4. The Morgan fingerprint density at radius 1 is 1.19 bits per heavy atom. The van der Waals surface area contributed by atoms with E-state index < -0.39 is 18.4 Å².